The van der Waals surface area contributed by atoms with Crippen molar-refractivity contribution in [1.29, 1.82) is 0 Å². The van der Waals surface area contributed by atoms with Gasteiger partial charge in [0.25, 0.3) is 0 Å². The number of carbonyl (C=O) groups is 2. The first kappa shape index (κ1) is 36.6. The Hall–Kier alpha value is -3.42. The van der Waals surface area contributed by atoms with Gasteiger partial charge in [0, 0.05) is 0 Å². The van der Waals surface area contributed by atoms with E-state index in [2.05, 4.69) is 89.4 Å². The maximum Gasteiger partial charge on any atom is 0.207 e. The molecule has 0 fully saturated rings. The Kier molecular flexibility index (Phi) is 15.3. The van der Waals surface area contributed by atoms with Crippen LogP contribution in [0, 0.1) is 0 Å². The molecule has 3 rings (SSSR count). The third kappa shape index (κ3) is 9.04. The van der Waals surface area contributed by atoms with Gasteiger partial charge in [-0.05, 0) is 59.1 Å². The van der Waals surface area contributed by atoms with Gasteiger partial charge >= 0.3 is 0 Å². The second-order valence-corrected chi connectivity index (χ2v) is 16.3. The lowest BCUT2D eigenvalue weighted by atomic mass is 9.64. The SMILES string of the molecule is C=O.CCCC.COc1ccc(C(c2ccccc2)(c2ccc(OC)cc2)C(CO[Si](C)(C)C(C)(C)C)NC=O)cc1. The fourth-order valence-electron chi connectivity index (χ4n) is 4.40. The van der Waals surface area contributed by atoms with E-state index in [9.17, 15) is 4.79 Å². The van der Waals surface area contributed by atoms with Gasteiger partial charge in [-0.15, -0.1) is 0 Å². The molecule has 0 bridgehead atoms. The number of carbonyl (C=O) groups excluding carboxylic acids is 2. The fourth-order valence-corrected chi connectivity index (χ4v) is 5.42. The minimum absolute atomic E-state index is 0.0361. The Bertz CT molecular complexity index is 1110. The molecule has 0 aromatic heterocycles. The Labute approximate surface area is 254 Å². The van der Waals surface area contributed by atoms with Gasteiger partial charge < -0.3 is 24.0 Å². The van der Waals surface area contributed by atoms with Gasteiger partial charge in [-0.3, -0.25) is 4.79 Å². The molecule has 1 unspecified atom stereocenters. The average Bonchev–Trinajstić information content (AvgIpc) is 3.02. The van der Waals surface area contributed by atoms with E-state index in [1.807, 2.05) is 49.3 Å². The largest absolute Gasteiger partial charge is 0.497 e. The third-order valence-electron chi connectivity index (χ3n) is 8.03. The van der Waals surface area contributed by atoms with Gasteiger partial charge in [-0.2, -0.15) is 0 Å². The molecule has 1 N–H and O–H groups in total. The van der Waals surface area contributed by atoms with E-state index in [0.29, 0.717) is 6.61 Å². The number of benzene rings is 3. The number of ether oxygens (including phenoxy) is 2. The highest BCUT2D eigenvalue weighted by Gasteiger charge is 2.46. The molecule has 0 heterocycles. The first-order valence-electron chi connectivity index (χ1n) is 14.5. The summed E-state index contributed by atoms with van der Waals surface area (Å²) in [7, 11) is 1.22. The zero-order valence-electron chi connectivity index (χ0n) is 27.0. The maximum atomic E-state index is 12.1. The summed E-state index contributed by atoms with van der Waals surface area (Å²) in [6.45, 7) is 17.9. The van der Waals surface area contributed by atoms with Crippen molar-refractivity contribution >= 4 is 21.5 Å². The number of nitrogens with one attached hydrogen (secondary N) is 1. The van der Waals surface area contributed by atoms with E-state index in [1.54, 1.807) is 14.2 Å². The van der Waals surface area contributed by atoms with Crippen LogP contribution < -0.4 is 14.8 Å². The summed E-state index contributed by atoms with van der Waals surface area (Å²) in [6, 6.07) is 26.0. The molecular formula is C35H51NO5Si. The Morgan fingerprint density at radius 2 is 1.17 bits per heavy atom. The second kappa shape index (κ2) is 17.5. The summed E-state index contributed by atoms with van der Waals surface area (Å²) < 4.78 is 17.6. The Morgan fingerprint density at radius 3 is 1.50 bits per heavy atom. The summed E-state index contributed by atoms with van der Waals surface area (Å²) in [5.41, 5.74) is 2.37. The van der Waals surface area contributed by atoms with E-state index in [0.717, 1.165) is 34.6 Å². The molecule has 0 aliphatic carbocycles. The molecule has 6 nitrogen and oxygen atoms in total. The van der Waals surface area contributed by atoms with E-state index in [1.165, 1.54) is 12.8 Å². The van der Waals surface area contributed by atoms with Gasteiger partial charge in [-0.1, -0.05) is 102 Å². The van der Waals surface area contributed by atoms with Gasteiger partial charge in [0.15, 0.2) is 8.32 Å². The molecule has 7 heteroatoms. The van der Waals surface area contributed by atoms with Crippen LogP contribution in [0.15, 0.2) is 78.9 Å². The van der Waals surface area contributed by atoms with Crippen LogP contribution in [0.25, 0.3) is 0 Å². The van der Waals surface area contributed by atoms with Crippen LogP contribution in [-0.4, -0.2) is 48.4 Å². The van der Waals surface area contributed by atoms with Gasteiger partial charge in [0.05, 0.1) is 32.3 Å². The molecule has 230 valence electrons. The van der Waals surface area contributed by atoms with Crippen molar-refractivity contribution in [3.63, 3.8) is 0 Å². The fraction of sp³-hybridized carbons (Fsp3) is 0.429. The maximum absolute atomic E-state index is 12.1. The lowest BCUT2D eigenvalue weighted by molar-refractivity contribution is -0.110. The molecule has 0 radical (unpaired) electrons. The topological polar surface area (TPSA) is 73.9 Å². The lowest BCUT2D eigenvalue weighted by Gasteiger charge is -2.44. The van der Waals surface area contributed by atoms with Crippen LogP contribution in [0.3, 0.4) is 0 Å². The Morgan fingerprint density at radius 1 is 0.762 bits per heavy atom. The van der Waals surface area contributed by atoms with Crippen molar-refractivity contribution in [2.75, 3.05) is 20.8 Å². The molecule has 1 atom stereocenters. The molecule has 0 saturated carbocycles. The first-order valence-corrected chi connectivity index (χ1v) is 17.4. The number of hydrogen-bond acceptors (Lipinski definition) is 5. The molecule has 0 aliphatic heterocycles. The average molecular weight is 594 g/mol. The highest BCUT2D eigenvalue weighted by atomic mass is 28.4. The zero-order valence-corrected chi connectivity index (χ0v) is 28.0. The summed E-state index contributed by atoms with van der Waals surface area (Å²) in [4.78, 5) is 20.1. The monoisotopic (exact) mass is 593 g/mol. The van der Waals surface area contributed by atoms with E-state index in [4.69, 9.17) is 18.7 Å². The van der Waals surface area contributed by atoms with Crippen molar-refractivity contribution in [3.05, 3.63) is 95.6 Å². The van der Waals surface area contributed by atoms with Gasteiger partial charge in [0.2, 0.25) is 6.41 Å². The minimum atomic E-state index is -2.10. The van der Waals surface area contributed by atoms with E-state index < -0.39 is 13.7 Å². The molecule has 0 saturated heterocycles. The Balaban J connectivity index is 0.00000135. The molecule has 1 amide bonds. The number of hydrogen-bond donors (Lipinski definition) is 1. The number of unbranched alkanes of at least 4 members (excludes halogenated alkanes) is 1. The van der Waals surface area contributed by atoms with Crippen molar-refractivity contribution in [2.45, 2.75) is 77.0 Å². The standard InChI is InChI=1S/C30H39NO4Si.C4H10.CH2O/c1-29(2,3)36(6,7)35-21-28(31-22-32)30(23-11-9-8-10-12-23,24-13-17-26(33-4)18-14-24)25-15-19-27(34-5)20-16-25;1-3-4-2;1-2/h8-20,22,28H,21H2,1-7H3,(H,31,32);3-4H2,1-2H3;1H2. The van der Waals surface area contributed by atoms with Crippen molar-refractivity contribution < 1.29 is 23.5 Å². The predicted molar refractivity (Wildman–Crippen MR) is 176 cm³/mol. The van der Waals surface area contributed by atoms with E-state index in [-0.39, 0.29) is 11.1 Å². The lowest BCUT2D eigenvalue weighted by Crippen LogP contribution is -2.55. The summed E-state index contributed by atoms with van der Waals surface area (Å²) in [6.07, 6.45) is 3.42. The quantitative estimate of drug-likeness (QED) is 0.132. The highest BCUT2D eigenvalue weighted by Crippen LogP contribution is 2.44. The molecule has 3 aromatic carbocycles. The van der Waals surface area contributed by atoms with Crippen LogP contribution >= 0.6 is 0 Å². The second-order valence-electron chi connectivity index (χ2n) is 11.5. The van der Waals surface area contributed by atoms with E-state index >= 15 is 0 Å². The summed E-state index contributed by atoms with van der Waals surface area (Å²) in [5.74, 6) is 1.54. The first-order chi connectivity index (χ1) is 20.0. The summed E-state index contributed by atoms with van der Waals surface area (Å²) in [5, 5.41) is 3.19. The van der Waals surface area contributed by atoms with Gasteiger partial charge in [-0.25, -0.2) is 0 Å². The van der Waals surface area contributed by atoms with Crippen molar-refractivity contribution in [2.24, 2.45) is 0 Å². The molecule has 0 aliphatic rings. The van der Waals surface area contributed by atoms with Crippen LogP contribution in [0.2, 0.25) is 18.1 Å². The number of amides is 1. The smallest absolute Gasteiger partial charge is 0.207 e. The highest BCUT2D eigenvalue weighted by molar-refractivity contribution is 6.74. The molecule has 42 heavy (non-hydrogen) atoms. The summed E-state index contributed by atoms with van der Waals surface area (Å²) >= 11 is 0. The van der Waals surface area contributed by atoms with Crippen LogP contribution in [0.4, 0.5) is 0 Å². The number of rotatable bonds is 12. The van der Waals surface area contributed by atoms with Crippen molar-refractivity contribution in [3.8, 4) is 11.5 Å². The van der Waals surface area contributed by atoms with Crippen LogP contribution in [0.1, 0.15) is 64.2 Å². The normalized spacial score (nSPS) is 12.0. The van der Waals surface area contributed by atoms with Crippen LogP contribution in [-0.2, 0) is 19.4 Å². The minimum Gasteiger partial charge on any atom is -0.497 e. The number of methoxy groups -OCH3 is 2. The zero-order chi connectivity index (χ0) is 31.8. The van der Waals surface area contributed by atoms with Gasteiger partial charge in [0.1, 0.15) is 18.3 Å². The third-order valence-corrected chi connectivity index (χ3v) is 12.5. The molecular weight excluding hydrogens is 542 g/mol. The van der Waals surface area contributed by atoms with Crippen molar-refractivity contribution in [1.82, 2.24) is 5.32 Å². The van der Waals surface area contributed by atoms with Crippen LogP contribution in [0.5, 0.6) is 11.5 Å². The molecule has 0 spiro atoms. The predicted octanol–water partition coefficient (Wildman–Crippen LogP) is 7.80. The molecule has 3 aromatic rings.